The minimum atomic E-state index is 0.474. The van der Waals surface area contributed by atoms with E-state index in [-0.39, 0.29) is 0 Å². The molecule has 90 valence electrons. The Labute approximate surface area is 118 Å². The first-order valence-corrected chi connectivity index (χ1v) is 6.23. The van der Waals surface area contributed by atoms with Crippen LogP contribution >= 0.6 is 27.5 Å². The van der Waals surface area contributed by atoms with Gasteiger partial charge in [0.15, 0.2) is 0 Å². The largest absolute Gasteiger partial charge is 0.339 e. The molecule has 18 heavy (non-hydrogen) atoms. The zero-order chi connectivity index (χ0) is 13.1. The van der Waals surface area contributed by atoms with Crippen molar-refractivity contribution in [3.05, 3.63) is 45.3 Å². The highest BCUT2D eigenvalue weighted by atomic mass is 79.9. The van der Waals surface area contributed by atoms with Crippen molar-refractivity contribution in [3.8, 4) is 6.07 Å². The highest BCUT2D eigenvalue weighted by Gasteiger charge is 2.05. The number of hydrogen-bond donors (Lipinski definition) is 1. The normalized spacial score (nSPS) is 9.89. The lowest BCUT2D eigenvalue weighted by Crippen LogP contribution is -1.98. The summed E-state index contributed by atoms with van der Waals surface area (Å²) in [6.07, 6.45) is 0. The third-order valence-corrected chi connectivity index (χ3v) is 2.89. The third kappa shape index (κ3) is 2.97. The van der Waals surface area contributed by atoms with Gasteiger partial charge in [0.1, 0.15) is 16.2 Å². The summed E-state index contributed by atoms with van der Waals surface area (Å²) in [5.41, 5.74) is 1.21. The number of nitrogens with one attached hydrogen (secondary N) is 1. The van der Waals surface area contributed by atoms with Crippen LogP contribution in [0.2, 0.25) is 5.02 Å². The maximum atomic E-state index is 8.76. The Bertz CT molecular complexity index is 616. The number of hydrogen-bond acceptors (Lipinski definition) is 4. The van der Waals surface area contributed by atoms with Crippen molar-refractivity contribution in [2.24, 2.45) is 0 Å². The lowest BCUT2D eigenvalue weighted by molar-refractivity contribution is 1.04. The van der Waals surface area contributed by atoms with Crippen LogP contribution in [0.15, 0.2) is 28.9 Å². The molecule has 0 atom stereocenters. The predicted octanol–water partition coefficient (Wildman–Crippen LogP) is 3.82. The van der Waals surface area contributed by atoms with Gasteiger partial charge in [0, 0.05) is 6.07 Å². The van der Waals surface area contributed by atoms with Gasteiger partial charge in [0.05, 0.1) is 22.3 Å². The van der Waals surface area contributed by atoms with Crippen molar-refractivity contribution in [3.63, 3.8) is 0 Å². The minimum Gasteiger partial charge on any atom is -0.339 e. The Morgan fingerprint density at radius 2 is 2.11 bits per heavy atom. The van der Waals surface area contributed by atoms with Crippen molar-refractivity contribution in [2.45, 2.75) is 6.92 Å². The molecule has 2 rings (SSSR count). The van der Waals surface area contributed by atoms with E-state index >= 15 is 0 Å². The lowest BCUT2D eigenvalue weighted by atomic mass is 10.2. The van der Waals surface area contributed by atoms with Crippen LogP contribution in [-0.4, -0.2) is 9.97 Å². The van der Waals surface area contributed by atoms with E-state index in [0.29, 0.717) is 32.5 Å². The molecular weight excluding hydrogens is 316 g/mol. The summed E-state index contributed by atoms with van der Waals surface area (Å²) in [5, 5.41) is 12.3. The van der Waals surface area contributed by atoms with Gasteiger partial charge in [-0.1, -0.05) is 11.6 Å². The number of nitrogens with zero attached hydrogens (tertiary/aromatic N) is 3. The number of rotatable bonds is 2. The number of benzene rings is 1. The van der Waals surface area contributed by atoms with E-state index in [9.17, 15) is 0 Å². The van der Waals surface area contributed by atoms with Gasteiger partial charge in [-0.15, -0.1) is 0 Å². The van der Waals surface area contributed by atoms with E-state index < -0.39 is 0 Å². The van der Waals surface area contributed by atoms with Crippen LogP contribution in [0.4, 0.5) is 11.5 Å². The molecule has 0 amide bonds. The quantitative estimate of drug-likeness (QED) is 0.854. The third-order valence-electron chi connectivity index (χ3n) is 2.17. The first-order valence-electron chi connectivity index (χ1n) is 5.06. The molecule has 0 fully saturated rings. The Kier molecular flexibility index (Phi) is 3.80. The molecule has 0 saturated heterocycles. The van der Waals surface area contributed by atoms with E-state index in [2.05, 4.69) is 31.2 Å². The van der Waals surface area contributed by atoms with E-state index in [1.165, 1.54) is 0 Å². The monoisotopic (exact) mass is 322 g/mol. The van der Waals surface area contributed by atoms with E-state index in [1.807, 2.05) is 6.07 Å². The Balaban J connectivity index is 2.31. The summed E-state index contributed by atoms with van der Waals surface area (Å²) in [6.45, 7) is 1.80. The second-order valence-corrected chi connectivity index (χ2v) is 4.77. The standard InChI is InChI=1S/C12H8BrClN4/c1-7-16-11(13)5-12(17-7)18-10-3-2-8(6-15)4-9(10)14/h2-5H,1H3,(H,16,17,18). The molecular formula is C12H8BrClN4. The summed E-state index contributed by atoms with van der Waals surface area (Å²) < 4.78 is 0.697. The van der Waals surface area contributed by atoms with Crippen molar-refractivity contribution in [1.29, 1.82) is 5.26 Å². The molecule has 0 bridgehead atoms. The van der Waals surface area contributed by atoms with Gasteiger partial charge in [0.2, 0.25) is 0 Å². The Hall–Kier alpha value is -1.64. The van der Waals surface area contributed by atoms with E-state index in [4.69, 9.17) is 16.9 Å². The maximum Gasteiger partial charge on any atom is 0.135 e. The highest BCUT2D eigenvalue weighted by Crippen LogP contribution is 2.26. The first kappa shape index (κ1) is 12.8. The molecule has 1 heterocycles. The minimum absolute atomic E-state index is 0.474. The fourth-order valence-electron chi connectivity index (χ4n) is 1.42. The SMILES string of the molecule is Cc1nc(Br)cc(Nc2ccc(C#N)cc2Cl)n1. The maximum absolute atomic E-state index is 8.76. The van der Waals surface area contributed by atoms with Gasteiger partial charge < -0.3 is 5.32 Å². The molecule has 1 aromatic heterocycles. The molecule has 0 radical (unpaired) electrons. The zero-order valence-electron chi connectivity index (χ0n) is 9.41. The molecule has 1 aromatic carbocycles. The smallest absolute Gasteiger partial charge is 0.135 e. The van der Waals surface area contributed by atoms with Gasteiger partial charge in [-0.2, -0.15) is 5.26 Å². The summed E-state index contributed by atoms with van der Waals surface area (Å²) in [6, 6.07) is 8.82. The zero-order valence-corrected chi connectivity index (χ0v) is 11.7. The summed E-state index contributed by atoms with van der Waals surface area (Å²) >= 11 is 9.37. The van der Waals surface area contributed by atoms with Crippen LogP contribution in [0, 0.1) is 18.3 Å². The average molecular weight is 324 g/mol. The number of aryl methyl sites for hydroxylation is 1. The van der Waals surface area contributed by atoms with Crippen molar-refractivity contribution in [2.75, 3.05) is 5.32 Å². The second-order valence-electron chi connectivity index (χ2n) is 3.55. The number of halogens is 2. The van der Waals surface area contributed by atoms with Crippen LogP contribution in [0.5, 0.6) is 0 Å². The van der Waals surface area contributed by atoms with Crippen molar-refractivity contribution >= 4 is 39.0 Å². The van der Waals surface area contributed by atoms with Gasteiger partial charge >= 0.3 is 0 Å². The van der Waals surface area contributed by atoms with Crippen molar-refractivity contribution in [1.82, 2.24) is 9.97 Å². The van der Waals surface area contributed by atoms with E-state index in [1.54, 1.807) is 31.2 Å². The molecule has 0 aliphatic rings. The van der Waals surface area contributed by atoms with E-state index in [0.717, 1.165) is 0 Å². The number of nitriles is 1. The van der Waals surface area contributed by atoms with Gasteiger partial charge in [-0.3, -0.25) is 0 Å². The molecule has 4 nitrogen and oxygen atoms in total. The number of aromatic nitrogens is 2. The van der Waals surface area contributed by atoms with Gasteiger partial charge in [-0.25, -0.2) is 9.97 Å². The molecule has 6 heteroatoms. The number of anilines is 2. The van der Waals surface area contributed by atoms with Crippen LogP contribution in [-0.2, 0) is 0 Å². The first-order chi connectivity index (χ1) is 8.58. The molecule has 0 unspecified atom stereocenters. The molecule has 0 aliphatic carbocycles. The van der Waals surface area contributed by atoms with Gasteiger partial charge in [-0.05, 0) is 41.1 Å². The summed E-state index contributed by atoms with van der Waals surface area (Å²) in [5.74, 6) is 1.29. The molecule has 0 saturated carbocycles. The average Bonchev–Trinajstić information content (AvgIpc) is 2.30. The highest BCUT2D eigenvalue weighted by molar-refractivity contribution is 9.10. The lowest BCUT2D eigenvalue weighted by Gasteiger charge is -2.08. The van der Waals surface area contributed by atoms with Crippen LogP contribution in [0.25, 0.3) is 0 Å². The van der Waals surface area contributed by atoms with Crippen molar-refractivity contribution < 1.29 is 0 Å². The molecule has 0 spiro atoms. The Morgan fingerprint density at radius 1 is 1.33 bits per heavy atom. The van der Waals surface area contributed by atoms with Crippen LogP contribution in [0.3, 0.4) is 0 Å². The molecule has 0 aliphatic heterocycles. The van der Waals surface area contributed by atoms with Crippen LogP contribution < -0.4 is 5.32 Å². The molecule has 2 aromatic rings. The topological polar surface area (TPSA) is 61.6 Å². The molecule has 1 N–H and O–H groups in total. The fourth-order valence-corrected chi connectivity index (χ4v) is 2.12. The Morgan fingerprint density at radius 3 is 2.72 bits per heavy atom. The second kappa shape index (κ2) is 5.34. The predicted molar refractivity (Wildman–Crippen MR) is 73.9 cm³/mol. The van der Waals surface area contributed by atoms with Crippen LogP contribution in [0.1, 0.15) is 11.4 Å². The summed E-state index contributed by atoms with van der Waals surface area (Å²) in [4.78, 5) is 8.35. The van der Waals surface area contributed by atoms with Gasteiger partial charge in [0.25, 0.3) is 0 Å². The summed E-state index contributed by atoms with van der Waals surface area (Å²) in [7, 11) is 0. The fraction of sp³-hybridized carbons (Fsp3) is 0.0833.